The molecule has 0 amide bonds. The van der Waals surface area contributed by atoms with E-state index in [2.05, 4.69) is 41.4 Å². The van der Waals surface area contributed by atoms with Crippen LogP contribution in [0.25, 0.3) is 5.69 Å². The van der Waals surface area contributed by atoms with Crippen LogP contribution in [0.3, 0.4) is 0 Å². The zero-order chi connectivity index (χ0) is 21.6. The summed E-state index contributed by atoms with van der Waals surface area (Å²) in [4.78, 5) is 13.8. The summed E-state index contributed by atoms with van der Waals surface area (Å²) >= 11 is 9.03. The third-order valence-corrected chi connectivity index (χ3v) is 6.79. The Morgan fingerprint density at radius 2 is 1.61 bits per heavy atom. The van der Waals surface area contributed by atoms with Crippen molar-refractivity contribution in [1.82, 2.24) is 14.8 Å². The number of aromatic nitrogens is 3. The van der Waals surface area contributed by atoms with Crippen molar-refractivity contribution >= 4 is 40.9 Å². The van der Waals surface area contributed by atoms with Gasteiger partial charge < -0.3 is 0 Å². The standard InChI is InChI=1S/C24H20ClN3OS2/c1-17-7-13-21(14-8-17)30-16-23-26-27-24(28(23)20-5-3-2-4-6-20)31-15-22(29)18-9-11-19(25)12-10-18/h2-14H,15-16H2,1H3. The van der Waals surface area contributed by atoms with Gasteiger partial charge in [-0.25, -0.2) is 0 Å². The van der Waals surface area contributed by atoms with Crippen LogP contribution in [0.15, 0.2) is 88.9 Å². The minimum Gasteiger partial charge on any atom is -0.293 e. The first-order valence-electron chi connectivity index (χ1n) is 9.71. The number of para-hydroxylation sites is 1. The van der Waals surface area contributed by atoms with Crippen molar-refractivity contribution in [3.63, 3.8) is 0 Å². The Hall–Kier alpha value is -2.54. The van der Waals surface area contributed by atoms with Crippen LogP contribution < -0.4 is 0 Å². The van der Waals surface area contributed by atoms with Crippen LogP contribution in [0.1, 0.15) is 21.7 Å². The highest BCUT2D eigenvalue weighted by molar-refractivity contribution is 7.99. The highest BCUT2D eigenvalue weighted by Crippen LogP contribution is 2.28. The molecule has 0 saturated heterocycles. The number of benzene rings is 3. The SMILES string of the molecule is Cc1ccc(SCc2nnc(SCC(=O)c3ccc(Cl)cc3)n2-c2ccccc2)cc1. The van der Waals surface area contributed by atoms with Gasteiger partial charge in [0.05, 0.1) is 11.5 Å². The summed E-state index contributed by atoms with van der Waals surface area (Å²) in [6, 6.07) is 25.4. The third-order valence-electron chi connectivity index (χ3n) is 4.60. The Kier molecular flexibility index (Phi) is 7.12. The maximum absolute atomic E-state index is 12.6. The van der Waals surface area contributed by atoms with Gasteiger partial charge in [0.25, 0.3) is 0 Å². The smallest absolute Gasteiger partial charge is 0.196 e. The molecule has 0 fully saturated rings. The minimum atomic E-state index is 0.0276. The molecular weight excluding hydrogens is 446 g/mol. The van der Waals surface area contributed by atoms with E-state index in [-0.39, 0.29) is 11.5 Å². The Morgan fingerprint density at radius 3 is 2.32 bits per heavy atom. The van der Waals surface area contributed by atoms with Crippen LogP contribution in [0, 0.1) is 6.92 Å². The van der Waals surface area contributed by atoms with E-state index in [9.17, 15) is 4.79 Å². The number of ketones is 1. The van der Waals surface area contributed by atoms with Crippen LogP contribution in [0.4, 0.5) is 0 Å². The van der Waals surface area contributed by atoms with E-state index in [1.54, 1.807) is 36.0 Å². The molecule has 0 unspecified atom stereocenters. The molecular formula is C24H20ClN3OS2. The van der Waals surface area contributed by atoms with Crippen molar-refractivity contribution < 1.29 is 4.79 Å². The average molecular weight is 466 g/mol. The van der Waals surface area contributed by atoms with Crippen molar-refractivity contribution in [2.24, 2.45) is 0 Å². The Labute approximate surface area is 195 Å². The topological polar surface area (TPSA) is 47.8 Å². The van der Waals surface area contributed by atoms with Gasteiger partial charge in [-0.1, -0.05) is 59.3 Å². The van der Waals surface area contributed by atoms with Gasteiger partial charge in [-0.05, 0) is 55.5 Å². The van der Waals surface area contributed by atoms with Gasteiger partial charge in [0, 0.05) is 21.2 Å². The summed E-state index contributed by atoms with van der Waals surface area (Å²) in [6.45, 7) is 2.08. The molecule has 4 rings (SSSR count). The lowest BCUT2D eigenvalue weighted by molar-refractivity contribution is 0.102. The van der Waals surface area contributed by atoms with E-state index in [1.807, 2.05) is 34.9 Å². The van der Waals surface area contributed by atoms with Gasteiger partial charge in [-0.3, -0.25) is 9.36 Å². The molecule has 3 aromatic carbocycles. The number of hydrogen-bond donors (Lipinski definition) is 0. The first-order chi connectivity index (χ1) is 15.1. The molecule has 4 nitrogen and oxygen atoms in total. The van der Waals surface area contributed by atoms with E-state index in [0.29, 0.717) is 21.5 Å². The van der Waals surface area contributed by atoms with Crippen LogP contribution in [0.2, 0.25) is 5.02 Å². The number of carbonyl (C=O) groups excluding carboxylic acids is 1. The van der Waals surface area contributed by atoms with Crippen molar-refractivity contribution in [3.05, 3.63) is 101 Å². The fourth-order valence-corrected chi connectivity index (χ4v) is 4.76. The van der Waals surface area contributed by atoms with Crippen molar-refractivity contribution in [3.8, 4) is 5.69 Å². The summed E-state index contributed by atoms with van der Waals surface area (Å²) in [5, 5.41) is 10.1. The first kappa shape index (κ1) is 21.7. The second kappa shape index (κ2) is 10.2. The normalized spacial score (nSPS) is 10.9. The summed E-state index contributed by atoms with van der Waals surface area (Å²) in [5.74, 6) is 1.83. The molecule has 0 bridgehead atoms. The molecule has 31 heavy (non-hydrogen) atoms. The predicted octanol–water partition coefficient (Wildman–Crippen LogP) is 6.50. The molecule has 0 N–H and O–H groups in total. The number of hydrogen-bond acceptors (Lipinski definition) is 5. The molecule has 1 heterocycles. The van der Waals surface area contributed by atoms with Crippen LogP contribution in [-0.4, -0.2) is 26.3 Å². The van der Waals surface area contributed by atoms with E-state index in [0.717, 1.165) is 11.5 Å². The number of rotatable bonds is 8. The second-order valence-electron chi connectivity index (χ2n) is 6.89. The lowest BCUT2D eigenvalue weighted by atomic mass is 10.1. The molecule has 156 valence electrons. The number of Topliss-reactive ketones (excluding diaryl/α,β-unsaturated/α-hetero) is 1. The fourth-order valence-electron chi connectivity index (χ4n) is 2.96. The number of nitrogens with zero attached hydrogens (tertiary/aromatic N) is 3. The first-order valence-corrected chi connectivity index (χ1v) is 12.1. The van der Waals surface area contributed by atoms with Crippen LogP contribution in [-0.2, 0) is 5.75 Å². The van der Waals surface area contributed by atoms with E-state index in [4.69, 9.17) is 11.6 Å². The highest BCUT2D eigenvalue weighted by Gasteiger charge is 2.16. The summed E-state index contributed by atoms with van der Waals surface area (Å²) in [5.41, 5.74) is 2.85. The summed E-state index contributed by atoms with van der Waals surface area (Å²) < 4.78 is 2.03. The molecule has 0 aliphatic heterocycles. The fraction of sp³-hybridized carbons (Fsp3) is 0.125. The number of thioether (sulfide) groups is 2. The lowest BCUT2D eigenvalue weighted by Gasteiger charge is -2.10. The van der Waals surface area contributed by atoms with Crippen LogP contribution in [0.5, 0.6) is 0 Å². The van der Waals surface area contributed by atoms with E-state index >= 15 is 0 Å². The van der Waals surface area contributed by atoms with Gasteiger partial charge in [0.15, 0.2) is 10.9 Å². The van der Waals surface area contributed by atoms with E-state index in [1.165, 1.54) is 22.2 Å². The van der Waals surface area contributed by atoms with Gasteiger partial charge in [-0.15, -0.1) is 22.0 Å². The van der Waals surface area contributed by atoms with Crippen molar-refractivity contribution in [2.75, 3.05) is 5.75 Å². The second-order valence-corrected chi connectivity index (χ2v) is 9.32. The number of carbonyl (C=O) groups is 1. The quantitative estimate of drug-likeness (QED) is 0.219. The van der Waals surface area contributed by atoms with Crippen molar-refractivity contribution in [1.29, 1.82) is 0 Å². The molecule has 0 radical (unpaired) electrons. The Balaban J connectivity index is 1.53. The number of aryl methyl sites for hydroxylation is 1. The minimum absolute atomic E-state index is 0.0276. The average Bonchev–Trinajstić information content (AvgIpc) is 3.21. The van der Waals surface area contributed by atoms with Crippen LogP contribution >= 0.6 is 35.1 Å². The molecule has 0 aliphatic carbocycles. The predicted molar refractivity (Wildman–Crippen MR) is 129 cm³/mol. The zero-order valence-electron chi connectivity index (χ0n) is 16.9. The maximum Gasteiger partial charge on any atom is 0.196 e. The molecule has 4 aromatic rings. The maximum atomic E-state index is 12.6. The zero-order valence-corrected chi connectivity index (χ0v) is 19.3. The Bertz CT molecular complexity index is 1160. The van der Waals surface area contributed by atoms with Gasteiger partial charge in [0.2, 0.25) is 0 Å². The van der Waals surface area contributed by atoms with Gasteiger partial charge >= 0.3 is 0 Å². The molecule has 0 aliphatic rings. The third kappa shape index (κ3) is 5.58. The van der Waals surface area contributed by atoms with Gasteiger partial charge in [0.1, 0.15) is 5.82 Å². The monoisotopic (exact) mass is 465 g/mol. The van der Waals surface area contributed by atoms with Crippen molar-refractivity contribution in [2.45, 2.75) is 22.7 Å². The Morgan fingerprint density at radius 1 is 0.903 bits per heavy atom. The molecule has 0 spiro atoms. The van der Waals surface area contributed by atoms with E-state index < -0.39 is 0 Å². The number of halogens is 1. The molecule has 0 atom stereocenters. The highest BCUT2D eigenvalue weighted by atomic mass is 35.5. The molecule has 7 heteroatoms. The molecule has 0 saturated carbocycles. The summed E-state index contributed by atoms with van der Waals surface area (Å²) in [7, 11) is 0. The van der Waals surface area contributed by atoms with Gasteiger partial charge in [-0.2, -0.15) is 0 Å². The summed E-state index contributed by atoms with van der Waals surface area (Å²) in [6.07, 6.45) is 0. The largest absolute Gasteiger partial charge is 0.293 e. The lowest BCUT2D eigenvalue weighted by Crippen LogP contribution is -2.05. The molecule has 1 aromatic heterocycles.